The quantitative estimate of drug-likeness (QED) is 0.0920. The minimum Gasteiger partial charge on any atom is -0.0966 e. The van der Waals surface area contributed by atoms with Crippen LogP contribution in [0.15, 0.2) is 170 Å². The summed E-state index contributed by atoms with van der Waals surface area (Å²) in [5.74, 6) is 0. The lowest BCUT2D eigenvalue weighted by atomic mass is 9.95. The topological polar surface area (TPSA) is 0 Å². The molecule has 0 bridgehead atoms. The van der Waals surface area contributed by atoms with Gasteiger partial charge >= 0.3 is 0 Å². The summed E-state index contributed by atoms with van der Waals surface area (Å²) >= 11 is 0. The van der Waals surface area contributed by atoms with Crippen LogP contribution in [0.1, 0.15) is 0 Å². The van der Waals surface area contributed by atoms with Gasteiger partial charge in [0.15, 0.2) is 0 Å². The second-order valence-electron chi connectivity index (χ2n) is 15.1. The van der Waals surface area contributed by atoms with Crippen LogP contribution in [-0.2, 0) is 0 Å². The van der Waals surface area contributed by atoms with E-state index >= 15 is 0 Å². The van der Waals surface area contributed by atoms with E-state index in [0.29, 0.717) is 0 Å². The highest BCUT2D eigenvalue weighted by Crippen LogP contribution is 2.94. The Bertz CT molecular complexity index is 3620. The Kier molecular flexibility index (Phi) is 10.8. The van der Waals surface area contributed by atoms with Crippen LogP contribution < -0.4 is 5.30 Å². The maximum Gasteiger partial charge on any atom is 0.0131 e. The van der Waals surface area contributed by atoms with E-state index in [0.717, 1.165) is 0 Å². The summed E-state index contributed by atoms with van der Waals surface area (Å²) in [6, 6.07) is 64.7. The Morgan fingerprint density at radius 1 is 0.271 bits per heavy atom. The van der Waals surface area contributed by atoms with Crippen molar-refractivity contribution < 1.29 is 0 Å². The third-order valence-electron chi connectivity index (χ3n) is 11.7. The number of hydrogen-bond donors (Lipinski definition) is 0. The average molecular weight is 955 g/mol. The molecule has 1 fully saturated rings. The molecule has 12 aromatic rings. The van der Waals surface area contributed by atoms with E-state index in [1.54, 1.807) is 10.6 Å². The molecule has 1 aromatic heterocycles. The molecule has 0 spiro atoms. The summed E-state index contributed by atoms with van der Waals surface area (Å²) in [6.45, 7) is 0.113. The highest BCUT2D eigenvalue weighted by Gasteiger charge is 2.18. The molecule has 8 unspecified atom stereocenters. The van der Waals surface area contributed by atoms with Gasteiger partial charge in [0.2, 0.25) is 0 Å². The third-order valence-corrected chi connectivity index (χ3v) is 72.9. The molecule has 1 aliphatic heterocycles. The van der Waals surface area contributed by atoms with E-state index in [4.69, 9.17) is 0 Å². The number of benzene rings is 11. The minimum absolute atomic E-state index is 0.0738. The first-order valence-electron chi connectivity index (χ1n) is 19.6. The summed E-state index contributed by atoms with van der Waals surface area (Å²) < 4.78 is 0. The van der Waals surface area contributed by atoms with Crippen LogP contribution in [0.3, 0.4) is 0 Å². The maximum absolute atomic E-state index is 2.52. The van der Waals surface area contributed by atoms with Crippen LogP contribution in [0.2, 0.25) is 0 Å². The first kappa shape index (κ1) is 38.5. The van der Waals surface area contributed by atoms with Crippen molar-refractivity contribution in [3.63, 3.8) is 0 Å². The van der Waals surface area contributed by atoms with Crippen LogP contribution in [0.25, 0.3) is 102 Å². The maximum atomic E-state index is 2.52. The lowest BCUT2D eigenvalue weighted by Crippen LogP contribution is -1.97. The molecule has 0 nitrogen and oxygen atoms in total. The Morgan fingerprint density at radius 2 is 0.644 bits per heavy atom. The highest BCUT2D eigenvalue weighted by molar-refractivity contribution is 8.96. The van der Waals surface area contributed by atoms with Crippen LogP contribution in [0, 0.1) is 0 Å². The molecule has 11 heteroatoms. The van der Waals surface area contributed by atoms with E-state index in [1.165, 1.54) is 167 Å². The zero-order valence-electron chi connectivity index (χ0n) is 31.6. The van der Waals surface area contributed by atoms with Gasteiger partial charge in [-0.25, -0.2) is 0 Å². The van der Waals surface area contributed by atoms with Crippen LogP contribution in [0.4, 0.5) is 0 Å². The smallest absolute Gasteiger partial charge is 0.0131 e. The number of fused-ring (bicyclic) bond motifs is 11. The fraction of sp³-hybridized carbons (Fsp3) is 0. The lowest BCUT2D eigenvalue weighted by molar-refractivity contribution is 1.79. The second kappa shape index (κ2) is 16.5. The predicted octanol–water partition coefficient (Wildman–Crippen LogP) is 20.0. The van der Waals surface area contributed by atoms with Crippen molar-refractivity contribution >= 4 is 186 Å². The van der Waals surface area contributed by atoms with Gasteiger partial charge in [-0.2, -0.15) is 0 Å². The largest absolute Gasteiger partial charge is 0.0966 e. The molecule has 13 rings (SSSR count). The van der Waals surface area contributed by atoms with Gasteiger partial charge in [0.1, 0.15) is 0 Å². The van der Waals surface area contributed by atoms with E-state index in [1.807, 2.05) is 0 Å². The fourth-order valence-corrected chi connectivity index (χ4v) is 103. The Hall–Kier alpha value is -2.16. The molecule has 1 aliphatic rings. The molecule has 8 atom stereocenters. The van der Waals surface area contributed by atoms with Crippen LogP contribution in [0.5, 0.6) is 0 Å². The van der Waals surface area contributed by atoms with Crippen LogP contribution in [-0.4, -0.2) is 0 Å². The van der Waals surface area contributed by atoms with Crippen molar-refractivity contribution in [2.75, 3.05) is 0 Å². The SMILES string of the molecule is c1ccc2cc3c(ccc4cc5cccc(-p6[pH][pH][pH][pH]6)c5cc43)cc2c1.c1ccc2cc3cc4c(ccc5cc6cccc(P7PPPPP7)c6cc54)cc3cc2c1. The van der Waals surface area contributed by atoms with Crippen molar-refractivity contribution in [3.05, 3.63) is 170 Å². The van der Waals surface area contributed by atoms with Gasteiger partial charge in [-0.3, -0.25) is 0 Å². The lowest BCUT2D eigenvalue weighted by Gasteiger charge is -2.24. The zero-order chi connectivity index (χ0) is 38.9. The molecular formula is C48H37P11. The summed E-state index contributed by atoms with van der Waals surface area (Å²) in [5, 5.41) is 28.1. The van der Waals surface area contributed by atoms with Crippen molar-refractivity contribution in [2.45, 2.75) is 0 Å². The summed E-state index contributed by atoms with van der Waals surface area (Å²) in [5.41, 5.74) is 0. The molecule has 0 N–H and O–H groups in total. The molecule has 0 saturated carbocycles. The van der Waals surface area contributed by atoms with E-state index in [9.17, 15) is 0 Å². The monoisotopic (exact) mass is 954 g/mol. The minimum atomic E-state index is 0.0738. The summed E-state index contributed by atoms with van der Waals surface area (Å²) in [7, 11) is 11.1. The second-order valence-corrected chi connectivity index (χ2v) is 53.3. The first-order chi connectivity index (χ1) is 29.2. The van der Waals surface area contributed by atoms with Crippen molar-refractivity contribution in [1.82, 2.24) is 0 Å². The van der Waals surface area contributed by atoms with Crippen molar-refractivity contribution in [2.24, 2.45) is 0 Å². The molecule has 1 saturated heterocycles. The van der Waals surface area contributed by atoms with Crippen molar-refractivity contribution in [3.8, 4) is 5.30 Å². The number of hydrogen-bond acceptors (Lipinski definition) is 0. The van der Waals surface area contributed by atoms with Gasteiger partial charge in [-0.05, 0) is 176 Å². The van der Waals surface area contributed by atoms with Gasteiger partial charge in [0.25, 0.3) is 0 Å². The zero-order valence-corrected chi connectivity index (χ0v) is 42.3. The van der Waals surface area contributed by atoms with Crippen LogP contribution >= 0.6 is 84.2 Å². The third kappa shape index (κ3) is 7.31. The normalized spacial score (nSPS) is 17.5. The molecule has 284 valence electrons. The Balaban J connectivity index is 0.000000130. The van der Waals surface area contributed by atoms with Gasteiger partial charge < -0.3 is 0 Å². The molecule has 0 amide bonds. The highest BCUT2D eigenvalue weighted by atomic mass is 33.0. The average Bonchev–Trinajstić information content (AvgIpc) is 3.84. The van der Waals surface area contributed by atoms with E-state index < -0.39 is 0 Å². The standard InChI is InChI=1S/C26H20P6.C22H17P5/c1-2-5-17-11-22-14-23-20(13-21(22)10-16(17)4-1)9-8-19-12-18-6-3-7-26(25(18)15-24(19)23)32-30-28-27-29-31-32;1-2-5-15-12-19-17(10-14(15)4-1)8-9-18-11-16-6-3-7-22(21(16)13-20(18)19)27-25-23-24-26-27/h1-15,27-31H;1-13,23-26H. The fourth-order valence-electron chi connectivity index (χ4n) is 8.82. The van der Waals surface area contributed by atoms with Gasteiger partial charge in [-0.1, -0.05) is 180 Å². The summed E-state index contributed by atoms with van der Waals surface area (Å²) in [6.07, 6.45) is 0. The van der Waals surface area contributed by atoms with E-state index in [-0.39, 0.29) is 14.2 Å². The summed E-state index contributed by atoms with van der Waals surface area (Å²) in [4.78, 5) is 0. The van der Waals surface area contributed by atoms with Gasteiger partial charge in [-0.15, -0.1) is 0 Å². The molecule has 2 heterocycles. The molecular weight excluding hydrogens is 917 g/mol. The molecule has 59 heavy (non-hydrogen) atoms. The first-order valence-corrected chi connectivity index (χ1v) is 41.6. The Labute approximate surface area is 359 Å². The molecule has 0 aliphatic carbocycles. The Morgan fingerprint density at radius 3 is 1.20 bits per heavy atom. The molecule has 0 radical (unpaired) electrons. The van der Waals surface area contributed by atoms with E-state index in [2.05, 4.69) is 170 Å². The van der Waals surface area contributed by atoms with Gasteiger partial charge in [0, 0.05) is 5.30 Å². The van der Waals surface area contributed by atoms with Gasteiger partial charge in [0.05, 0.1) is 0 Å². The number of rotatable bonds is 2. The molecule has 11 aromatic carbocycles. The van der Waals surface area contributed by atoms with Crippen molar-refractivity contribution in [1.29, 1.82) is 0 Å². The predicted molar refractivity (Wildman–Crippen MR) is 298 cm³/mol.